The third kappa shape index (κ3) is 4.15. The normalized spacial score (nSPS) is 10.9. The molecule has 120 valence electrons. The lowest BCUT2D eigenvalue weighted by atomic mass is 10.2. The van der Waals surface area contributed by atoms with Crippen molar-refractivity contribution in [2.75, 3.05) is 10.6 Å². The van der Waals surface area contributed by atoms with E-state index in [2.05, 4.69) is 10.6 Å². The van der Waals surface area contributed by atoms with Gasteiger partial charge in [-0.1, -0.05) is 24.3 Å². The highest BCUT2D eigenvalue weighted by molar-refractivity contribution is 7.89. The van der Waals surface area contributed by atoms with Gasteiger partial charge in [0.15, 0.2) is 0 Å². The minimum atomic E-state index is -4.09. The molecular weight excluding hydrogens is 318 g/mol. The fourth-order valence-corrected chi connectivity index (χ4v) is 2.68. The summed E-state index contributed by atoms with van der Waals surface area (Å²) in [7, 11) is -4.09. The summed E-state index contributed by atoms with van der Waals surface area (Å²) in [4.78, 5) is 23.3. The molecule has 0 aromatic heterocycles. The van der Waals surface area contributed by atoms with Crippen LogP contribution in [0, 0.1) is 0 Å². The molecule has 2 rings (SSSR count). The number of primary sulfonamides is 1. The second kappa shape index (κ2) is 6.59. The lowest BCUT2D eigenvalue weighted by molar-refractivity contribution is -0.114. The van der Waals surface area contributed by atoms with Crippen molar-refractivity contribution in [1.82, 2.24) is 0 Å². The largest absolute Gasteiger partial charge is 0.324 e. The van der Waals surface area contributed by atoms with Crippen LogP contribution in [0.2, 0.25) is 0 Å². The Labute approximate surface area is 133 Å². The zero-order chi connectivity index (χ0) is 17.0. The van der Waals surface area contributed by atoms with Gasteiger partial charge in [0.25, 0.3) is 5.91 Å². The SMILES string of the molecule is CC(=O)Nc1cccc(S(N)(=O)=O)c1NC(=O)c1ccccc1. The smallest absolute Gasteiger partial charge is 0.255 e. The van der Waals surface area contributed by atoms with Crippen LogP contribution in [0.15, 0.2) is 53.4 Å². The van der Waals surface area contributed by atoms with Gasteiger partial charge >= 0.3 is 0 Å². The Balaban J connectivity index is 2.50. The molecule has 0 atom stereocenters. The number of rotatable bonds is 4. The number of amides is 2. The Hall–Kier alpha value is -2.71. The standard InChI is InChI=1S/C15H15N3O4S/c1-10(19)17-12-8-5-9-13(23(16,21)22)14(12)18-15(20)11-6-3-2-4-7-11/h2-9H,1H3,(H,17,19)(H,18,20)(H2,16,21,22). The van der Waals surface area contributed by atoms with Crippen LogP contribution in [-0.4, -0.2) is 20.2 Å². The maximum atomic E-state index is 12.3. The number of para-hydroxylation sites is 1. The van der Waals surface area contributed by atoms with Crippen molar-refractivity contribution in [2.45, 2.75) is 11.8 Å². The average molecular weight is 333 g/mol. The van der Waals surface area contributed by atoms with Crippen LogP contribution < -0.4 is 15.8 Å². The van der Waals surface area contributed by atoms with Gasteiger partial charge in [-0.3, -0.25) is 9.59 Å². The van der Waals surface area contributed by atoms with Crippen molar-refractivity contribution in [1.29, 1.82) is 0 Å². The minimum Gasteiger partial charge on any atom is -0.324 e. The first-order valence-electron chi connectivity index (χ1n) is 6.59. The molecule has 2 aromatic carbocycles. The molecule has 0 fully saturated rings. The van der Waals surface area contributed by atoms with Crippen molar-refractivity contribution in [3.05, 3.63) is 54.1 Å². The molecule has 8 heteroatoms. The number of nitrogens with one attached hydrogen (secondary N) is 2. The first-order valence-corrected chi connectivity index (χ1v) is 8.13. The third-order valence-electron chi connectivity index (χ3n) is 2.92. The molecule has 0 saturated heterocycles. The molecule has 0 radical (unpaired) electrons. The number of carbonyl (C=O) groups is 2. The van der Waals surface area contributed by atoms with E-state index >= 15 is 0 Å². The summed E-state index contributed by atoms with van der Waals surface area (Å²) in [6.45, 7) is 1.27. The molecular formula is C15H15N3O4S. The van der Waals surface area contributed by atoms with Crippen LogP contribution in [0.3, 0.4) is 0 Å². The highest BCUT2D eigenvalue weighted by Gasteiger charge is 2.20. The summed E-state index contributed by atoms with van der Waals surface area (Å²) in [5, 5.41) is 10.1. The Morgan fingerprint density at radius 1 is 0.957 bits per heavy atom. The summed E-state index contributed by atoms with van der Waals surface area (Å²) in [6, 6.07) is 12.4. The van der Waals surface area contributed by atoms with E-state index in [0.717, 1.165) is 0 Å². The number of anilines is 2. The van der Waals surface area contributed by atoms with Gasteiger partial charge in [-0.05, 0) is 24.3 Å². The average Bonchev–Trinajstić information content (AvgIpc) is 2.48. The monoisotopic (exact) mass is 333 g/mol. The Morgan fingerprint density at radius 3 is 2.17 bits per heavy atom. The number of hydrogen-bond acceptors (Lipinski definition) is 4. The third-order valence-corrected chi connectivity index (χ3v) is 3.87. The number of carbonyl (C=O) groups excluding carboxylic acids is 2. The first kappa shape index (κ1) is 16.7. The molecule has 23 heavy (non-hydrogen) atoms. The van der Waals surface area contributed by atoms with Crippen LogP contribution in [-0.2, 0) is 14.8 Å². The van der Waals surface area contributed by atoms with Crippen molar-refractivity contribution in [2.24, 2.45) is 5.14 Å². The van der Waals surface area contributed by atoms with Gasteiger partial charge in [-0.2, -0.15) is 0 Å². The highest BCUT2D eigenvalue weighted by Crippen LogP contribution is 2.29. The van der Waals surface area contributed by atoms with Crippen molar-refractivity contribution >= 4 is 33.2 Å². The van der Waals surface area contributed by atoms with E-state index in [4.69, 9.17) is 5.14 Å². The Morgan fingerprint density at radius 2 is 1.61 bits per heavy atom. The maximum absolute atomic E-state index is 12.3. The molecule has 0 aliphatic carbocycles. The van der Waals surface area contributed by atoms with Gasteiger partial charge < -0.3 is 10.6 Å². The van der Waals surface area contributed by atoms with Crippen LogP contribution in [0.1, 0.15) is 17.3 Å². The topological polar surface area (TPSA) is 118 Å². The Kier molecular flexibility index (Phi) is 4.77. The quantitative estimate of drug-likeness (QED) is 0.786. The molecule has 4 N–H and O–H groups in total. The minimum absolute atomic E-state index is 0.0703. The van der Waals surface area contributed by atoms with Gasteiger partial charge in [0.2, 0.25) is 15.9 Å². The van der Waals surface area contributed by atoms with Crippen molar-refractivity contribution in [3.8, 4) is 0 Å². The van der Waals surface area contributed by atoms with Crippen LogP contribution in [0.5, 0.6) is 0 Å². The van der Waals surface area contributed by atoms with E-state index < -0.39 is 21.8 Å². The van der Waals surface area contributed by atoms with E-state index in [1.165, 1.54) is 25.1 Å². The van der Waals surface area contributed by atoms with Crippen LogP contribution >= 0.6 is 0 Å². The number of sulfonamides is 1. The van der Waals surface area contributed by atoms with E-state index in [-0.39, 0.29) is 16.3 Å². The van der Waals surface area contributed by atoms with E-state index in [1.54, 1.807) is 30.3 Å². The van der Waals surface area contributed by atoms with E-state index in [1.807, 2.05) is 0 Å². The molecule has 2 amide bonds. The summed E-state index contributed by atoms with van der Waals surface area (Å²) in [6.07, 6.45) is 0. The molecule has 0 aliphatic rings. The summed E-state index contributed by atoms with van der Waals surface area (Å²) in [5.74, 6) is -0.930. The molecule has 0 spiro atoms. The first-order chi connectivity index (χ1) is 10.8. The number of nitrogens with two attached hydrogens (primary N) is 1. The molecule has 0 heterocycles. The molecule has 0 unspecified atom stereocenters. The zero-order valence-corrected chi connectivity index (χ0v) is 13.1. The van der Waals surface area contributed by atoms with Gasteiger partial charge in [0, 0.05) is 12.5 Å². The highest BCUT2D eigenvalue weighted by atomic mass is 32.2. The fourth-order valence-electron chi connectivity index (χ4n) is 1.97. The van der Waals surface area contributed by atoms with Gasteiger partial charge in [-0.25, -0.2) is 13.6 Å². The second-order valence-corrected chi connectivity index (χ2v) is 6.25. The summed E-state index contributed by atoms with van der Waals surface area (Å²) in [5.41, 5.74) is 0.415. The lowest BCUT2D eigenvalue weighted by Gasteiger charge is -2.15. The van der Waals surface area contributed by atoms with Crippen LogP contribution in [0.25, 0.3) is 0 Å². The molecule has 0 bridgehead atoms. The zero-order valence-electron chi connectivity index (χ0n) is 12.2. The summed E-state index contributed by atoms with van der Waals surface area (Å²) < 4.78 is 23.4. The summed E-state index contributed by atoms with van der Waals surface area (Å²) >= 11 is 0. The van der Waals surface area contributed by atoms with E-state index in [9.17, 15) is 18.0 Å². The fraction of sp³-hybridized carbons (Fsp3) is 0.0667. The molecule has 0 saturated carbocycles. The van der Waals surface area contributed by atoms with Gasteiger partial charge in [0.1, 0.15) is 4.90 Å². The predicted octanol–water partition coefficient (Wildman–Crippen LogP) is 1.54. The van der Waals surface area contributed by atoms with Crippen molar-refractivity contribution in [3.63, 3.8) is 0 Å². The van der Waals surface area contributed by atoms with Crippen LogP contribution in [0.4, 0.5) is 11.4 Å². The van der Waals surface area contributed by atoms with E-state index in [0.29, 0.717) is 5.56 Å². The predicted molar refractivity (Wildman–Crippen MR) is 86.5 cm³/mol. The molecule has 2 aromatic rings. The maximum Gasteiger partial charge on any atom is 0.255 e. The lowest BCUT2D eigenvalue weighted by Crippen LogP contribution is -2.20. The Bertz CT molecular complexity index is 848. The van der Waals surface area contributed by atoms with Crippen molar-refractivity contribution < 1.29 is 18.0 Å². The molecule has 7 nitrogen and oxygen atoms in total. The van der Waals surface area contributed by atoms with Gasteiger partial charge in [0.05, 0.1) is 11.4 Å². The second-order valence-electron chi connectivity index (χ2n) is 4.73. The number of hydrogen-bond donors (Lipinski definition) is 3. The van der Waals surface area contributed by atoms with Gasteiger partial charge in [-0.15, -0.1) is 0 Å². The number of benzene rings is 2. The molecule has 0 aliphatic heterocycles.